The van der Waals surface area contributed by atoms with Crippen LogP contribution in [0.25, 0.3) is 0 Å². The summed E-state index contributed by atoms with van der Waals surface area (Å²) >= 11 is 11.8. The normalized spacial score (nSPS) is 13.2. The maximum atomic E-state index is 10.0. The fraction of sp³-hybridized carbons (Fsp3) is 0.625. The first-order valence-corrected chi connectivity index (χ1v) is 8.22. The Morgan fingerprint density at radius 2 is 1.76 bits per heavy atom. The van der Waals surface area contributed by atoms with Gasteiger partial charge in [-0.3, -0.25) is 0 Å². The van der Waals surface area contributed by atoms with Gasteiger partial charge in [0.05, 0.1) is 10.0 Å². The molecule has 1 unspecified atom stereocenters. The van der Waals surface area contributed by atoms with Crippen molar-refractivity contribution in [2.75, 3.05) is 13.2 Å². The summed E-state index contributed by atoms with van der Waals surface area (Å²) in [5, 5.41) is 14.4. The van der Waals surface area contributed by atoms with Crippen LogP contribution in [-0.4, -0.2) is 29.9 Å². The second kappa shape index (κ2) is 8.84. The van der Waals surface area contributed by atoms with Crippen LogP contribution < -0.4 is 10.1 Å². The molecule has 120 valence electrons. The van der Waals surface area contributed by atoms with Crippen molar-refractivity contribution in [3.05, 3.63) is 28.2 Å². The van der Waals surface area contributed by atoms with Crippen LogP contribution in [0.3, 0.4) is 0 Å². The highest BCUT2D eigenvalue weighted by Crippen LogP contribution is 2.26. The highest BCUT2D eigenvalue weighted by Gasteiger charge is 2.23. The van der Waals surface area contributed by atoms with Gasteiger partial charge in [-0.1, -0.05) is 44.0 Å². The lowest BCUT2D eigenvalue weighted by Crippen LogP contribution is -2.47. The molecule has 3 nitrogen and oxygen atoms in total. The van der Waals surface area contributed by atoms with Gasteiger partial charge in [0, 0.05) is 18.2 Å². The van der Waals surface area contributed by atoms with E-state index in [-0.39, 0.29) is 12.1 Å². The highest BCUT2D eigenvalue weighted by atomic mass is 35.5. The van der Waals surface area contributed by atoms with E-state index in [0.29, 0.717) is 22.3 Å². The Balaban J connectivity index is 2.43. The second-order valence-corrected chi connectivity index (χ2v) is 6.08. The third-order valence-electron chi connectivity index (χ3n) is 4.08. The minimum absolute atomic E-state index is 0.102. The van der Waals surface area contributed by atoms with Gasteiger partial charge in [-0.05, 0) is 31.4 Å². The molecule has 1 aromatic carbocycles. The molecule has 1 atom stereocenters. The van der Waals surface area contributed by atoms with E-state index in [4.69, 9.17) is 27.9 Å². The van der Waals surface area contributed by atoms with Crippen LogP contribution >= 0.6 is 23.2 Å². The van der Waals surface area contributed by atoms with Crippen molar-refractivity contribution in [2.24, 2.45) is 0 Å². The van der Waals surface area contributed by atoms with Crippen LogP contribution in [-0.2, 0) is 0 Å². The topological polar surface area (TPSA) is 41.5 Å². The van der Waals surface area contributed by atoms with Crippen molar-refractivity contribution in [1.82, 2.24) is 5.32 Å². The van der Waals surface area contributed by atoms with Crippen molar-refractivity contribution in [3.63, 3.8) is 0 Å². The third-order valence-corrected chi connectivity index (χ3v) is 4.82. The number of hydrogen-bond donors (Lipinski definition) is 2. The van der Waals surface area contributed by atoms with Gasteiger partial charge < -0.3 is 15.2 Å². The van der Waals surface area contributed by atoms with Gasteiger partial charge in [0.15, 0.2) is 0 Å². The number of β-amino-alcohol motifs (C(OH)–C–C–N with tert-alkyl or cyclic N) is 1. The smallest absolute Gasteiger partial charge is 0.121 e. The number of benzene rings is 1. The number of ether oxygens (including phenoxy) is 1. The quantitative estimate of drug-likeness (QED) is 0.708. The molecule has 0 fully saturated rings. The van der Waals surface area contributed by atoms with Crippen LogP contribution in [0.1, 0.15) is 40.0 Å². The summed E-state index contributed by atoms with van der Waals surface area (Å²) in [6.45, 7) is 7.23. The number of rotatable bonds is 9. The van der Waals surface area contributed by atoms with Crippen LogP contribution in [0.15, 0.2) is 18.2 Å². The molecule has 0 radical (unpaired) electrons. The molecule has 1 rings (SSSR count). The highest BCUT2D eigenvalue weighted by molar-refractivity contribution is 6.42. The lowest BCUT2D eigenvalue weighted by Gasteiger charge is -2.33. The van der Waals surface area contributed by atoms with E-state index < -0.39 is 6.10 Å². The van der Waals surface area contributed by atoms with Crippen LogP contribution in [0.5, 0.6) is 5.75 Å². The van der Waals surface area contributed by atoms with Gasteiger partial charge in [-0.25, -0.2) is 0 Å². The van der Waals surface area contributed by atoms with Gasteiger partial charge in [0.1, 0.15) is 18.5 Å². The lowest BCUT2D eigenvalue weighted by molar-refractivity contribution is 0.0943. The molecular weight excluding hydrogens is 309 g/mol. The zero-order valence-corrected chi connectivity index (χ0v) is 14.5. The molecule has 0 spiro atoms. The maximum absolute atomic E-state index is 10.0. The minimum Gasteiger partial charge on any atom is -0.491 e. The second-order valence-electron chi connectivity index (χ2n) is 5.26. The molecular formula is C16H25Cl2NO2. The van der Waals surface area contributed by atoms with E-state index in [1.54, 1.807) is 18.2 Å². The summed E-state index contributed by atoms with van der Waals surface area (Å²) in [4.78, 5) is 0. The van der Waals surface area contributed by atoms with Crippen LogP contribution in [0, 0.1) is 0 Å². The van der Waals surface area contributed by atoms with Gasteiger partial charge >= 0.3 is 0 Å². The molecule has 2 N–H and O–H groups in total. The summed E-state index contributed by atoms with van der Waals surface area (Å²) in [7, 11) is 0. The Hall–Kier alpha value is -0.480. The molecule has 0 saturated carbocycles. The number of aliphatic hydroxyl groups is 1. The molecule has 0 saturated heterocycles. The van der Waals surface area contributed by atoms with Crippen molar-refractivity contribution < 1.29 is 9.84 Å². The summed E-state index contributed by atoms with van der Waals surface area (Å²) in [5.74, 6) is 0.608. The Morgan fingerprint density at radius 1 is 1.14 bits per heavy atom. The Kier molecular flexibility index (Phi) is 7.82. The largest absolute Gasteiger partial charge is 0.491 e. The summed E-state index contributed by atoms with van der Waals surface area (Å²) < 4.78 is 5.54. The predicted octanol–water partition coefficient (Wildman–Crippen LogP) is 4.29. The first-order valence-electron chi connectivity index (χ1n) is 7.47. The van der Waals surface area contributed by atoms with Gasteiger partial charge in [-0.15, -0.1) is 0 Å². The average molecular weight is 334 g/mol. The molecule has 0 amide bonds. The molecule has 0 heterocycles. The third kappa shape index (κ3) is 5.67. The zero-order chi connectivity index (χ0) is 15.9. The van der Waals surface area contributed by atoms with Gasteiger partial charge in [-0.2, -0.15) is 0 Å². The standard InChI is InChI=1S/C16H25Cl2NO2/c1-4-16(5-2,6-3)19-10-12(20)11-21-13-7-8-14(17)15(18)9-13/h7-9,12,19-20H,4-6,10-11H2,1-3H3. The molecule has 21 heavy (non-hydrogen) atoms. The van der Waals surface area contributed by atoms with Crippen molar-refractivity contribution in [3.8, 4) is 5.75 Å². The van der Waals surface area contributed by atoms with E-state index in [2.05, 4.69) is 26.1 Å². The average Bonchev–Trinajstić information content (AvgIpc) is 2.50. The van der Waals surface area contributed by atoms with E-state index in [9.17, 15) is 5.11 Å². The molecule has 0 aliphatic heterocycles. The first-order chi connectivity index (χ1) is 9.96. The first kappa shape index (κ1) is 18.6. The van der Waals surface area contributed by atoms with E-state index in [1.165, 1.54) is 0 Å². The molecule has 1 aromatic rings. The summed E-state index contributed by atoms with van der Waals surface area (Å²) in [6.07, 6.45) is 2.56. The van der Waals surface area contributed by atoms with Gasteiger partial charge in [0.25, 0.3) is 0 Å². The van der Waals surface area contributed by atoms with E-state index in [1.807, 2.05) is 0 Å². The molecule has 0 aliphatic rings. The van der Waals surface area contributed by atoms with Crippen LogP contribution in [0.2, 0.25) is 10.0 Å². The summed E-state index contributed by atoms with van der Waals surface area (Å²) in [5.41, 5.74) is 0.102. The minimum atomic E-state index is -0.566. The van der Waals surface area contributed by atoms with E-state index >= 15 is 0 Å². The molecule has 0 aromatic heterocycles. The molecule has 0 bridgehead atoms. The zero-order valence-electron chi connectivity index (χ0n) is 13.0. The number of aliphatic hydroxyl groups excluding tert-OH is 1. The number of hydrogen-bond acceptors (Lipinski definition) is 3. The Bertz CT molecular complexity index is 428. The Labute approximate surface area is 137 Å². The lowest BCUT2D eigenvalue weighted by atomic mass is 9.90. The van der Waals surface area contributed by atoms with Crippen molar-refractivity contribution in [1.29, 1.82) is 0 Å². The van der Waals surface area contributed by atoms with Crippen LogP contribution in [0.4, 0.5) is 0 Å². The predicted molar refractivity (Wildman–Crippen MR) is 89.6 cm³/mol. The molecule has 5 heteroatoms. The van der Waals surface area contributed by atoms with E-state index in [0.717, 1.165) is 19.3 Å². The SMILES string of the molecule is CCC(CC)(CC)NCC(O)COc1ccc(Cl)c(Cl)c1. The Morgan fingerprint density at radius 3 is 2.29 bits per heavy atom. The fourth-order valence-corrected chi connectivity index (χ4v) is 2.57. The van der Waals surface area contributed by atoms with Crippen molar-refractivity contribution in [2.45, 2.75) is 51.7 Å². The van der Waals surface area contributed by atoms with Gasteiger partial charge in [0.2, 0.25) is 0 Å². The number of nitrogens with one attached hydrogen (secondary N) is 1. The van der Waals surface area contributed by atoms with Crippen molar-refractivity contribution >= 4 is 23.2 Å². The summed E-state index contributed by atoms with van der Waals surface area (Å²) in [6, 6.07) is 5.07. The monoisotopic (exact) mass is 333 g/mol. The number of halogens is 2. The fourth-order valence-electron chi connectivity index (χ4n) is 2.28. The maximum Gasteiger partial charge on any atom is 0.121 e. The molecule has 0 aliphatic carbocycles.